The number of benzene rings is 1. The van der Waals surface area contributed by atoms with Crippen LogP contribution >= 0.6 is 11.8 Å². The molecule has 0 saturated carbocycles. The second-order valence-electron chi connectivity index (χ2n) is 5.71. The zero-order chi connectivity index (χ0) is 18.8. The Bertz CT molecular complexity index is 760. The van der Waals surface area contributed by atoms with Gasteiger partial charge in [-0.3, -0.25) is 14.7 Å². The third-order valence-corrected chi connectivity index (χ3v) is 5.30. The quantitative estimate of drug-likeness (QED) is 0.803. The summed E-state index contributed by atoms with van der Waals surface area (Å²) in [4.78, 5) is 30.3. The number of nitrogens with one attached hydrogen (secondary N) is 1. The normalized spacial score (nSPS) is 24.8. The van der Waals surface area contributed by atoms with Crippen LogP contribution in [0.5, 0.6) is 0 Å². The number of anilines is 2. The van der Waals surface area contributed by atoms with E-state index >= 15 is 0 Å². The molecule has 2 fully saturated rings. The third-order valence-electron chi connectivity index (χ3n) is 4.22. The first-order valence-corrected chi connectivity index (χ1v) is 8.98. The number of halogens is 1. The van der Waals surface area contributed by atoms with Gasteiger partial charge in [-0.15, -0.1) is 11.8 Å². The summed E-state index contributed by atoms with van der Waals surface area (Å²) in [5.41, 5.74) is 0.506. The number of carbonyl (C=O) groups excluding carboxylic acids is 2. The molecule has 0 spiro atoms. The van der Waals surface area contributed by atoms with E-state index in [4.69, 9.17) is 4.74 Å². The SMILES string of the molecule is CN=C1SCCN(c2ccc(N3C[C@H](C(=O)NC)OC3=O)cc2F)C1O. The summed E-state index contributed by atoms with van der Waals surface area (Å²) in [7, 11) is 3.03. The number of nitrogens with zero attached hydrogens (tertiary/aromatic N) is 3. The molecule has 0 aromatic heterocycles. The molecule has 140 valence electrons. The highest BCUT2D eigenvalue weighted by Gasteiger charge is 2.37. The van der Waals surface area contributed by atoms with Gasteiger partial charge in [0.15, 0.2) is 12.3 Å². The molecule has 2 N–H and O–H groups in total. The fourth-order valence-electron chi connectivity index (χ4n) is 2.88. The molecule has 0 aliphatic carbocycles. The summed E-state index contributed by atoms with van der Waals surface area (Å²) in [6.45, 7) is 0.471. The summed E-state index contributed by atoms with van der Waals surface area (Å²) in [6.07, 6.45) is -2.64. The van der Waals surface area contributed by atoms with Crippen LogP contribution in [0.4, 0.5) is 20.6 Å². The largest absolute Gasteiger partial charge is 0.434 e. The Morgan fingerprint density at radius 3 is 2.92 bits per heavy atom. The molecule has 3 rings (SSSR count). The van der Waals surface area contributed by atoms with Gasteiger partial charge in [-0.2, -0.15) is 0 Å². The first kappa shape index (κ1) is 18.5. The lowest BCUT2D eigenvalue weighted by atomic mass is 10.2. The van der Waals surface area contributed by atoms with Gasteiger partial charge in [0.1, 0.15) is 10.9 Å². The average Bonchev–Trinajstić information content (AvgIpc) is 3.03. The average molecular weight is 382 g/mol. The van der Waals surface area contributed by atoms with E-state index in [0.717, 1.165) is 0 Å². The van der Waals surface area contributed by atoms with Gasteiger partial charge in [-0.05, 0) is 18.2 Å². The van der Waals surface area contributed by atoms with Crippen LogP contribution in [-0.2, 0) is 9.53 Å². The number of hydrogen-bond acceptors (Lipinski definition) is 7. The van der Waals surface area contributed by atoms with Gasteiger partial charge >= 0.3 is 6.09 Å². The van der Waals surface area contributed by atoms with Crippen LogP contribution in [-0.4, -0.2) is 67.4 Å². The molecular weight excluding hydrogens is 363 g/mol. The van der Waals surface area contributed by atoms with E-state index in [1.165, 1.54) is 40.7 Å². The second kappa shape index (κ2) is 7.50. The molecule has 26 heavy (non-hydrogen) atoms. The summed E-state index contributed by atoms with van der Waals surface area (Å²) in [5, 5.41) is 13.3. The maximum Gasteiger partial charge on any atom is 0.415 e. The van der Waals surface area contributed by atoms with Crippen molar-refractivity contribution in [3.63, 3.8) is 0 Å². The Kier molecular flexibility index (Phi) is 5.33. The first-order valence-electron chi connectivity index (χ1n) is 7.99. The minimum absolute atomic E-state index is 0.00686. The molecule has 2 atom stereocenters. The predicted molar refractivity (Wildman–Crippen MR) is 97.3 cm³/mol. The Morgan fingerprint density at radius 1 is 1.50 bits per heavy atom. The van der Waals surface area contributed by atoms with E-state index in [0.29, 0.717) is 17.3 Å². The Labute approximate surface area is 154 Å². The number of rotatable bonds is 3. The van der Waals surface area contributed by atoms with Crippen LogP contribution in [0.15, 0.2) is 23.2 Å². The van der Waals surface area contributed by atoms with Gasteiger partial charge < -0.3 is 20.1 Å². The summed E-state index contributed by atoms with van der Waals surface area (Å²) in [6, 6.07) is 4.25. The smallest absolute Gasteiger partial charge is 0.415 e. The zero-order valence-electron chi connectivity index (χ0n) is 14.3. The van der Waals surface area contributed by atoms with Crippen LogP contribution < -0.4 is 15.1 Å². The lowest BCUT2D eigenvalue weighted by molar-refractivity contribution is -0.127. The lowest BCUT2D eigenvalue weighted by Crippen LogP contribution is -2.45. The second-order valence-corrected chi connectivity index (χ2v) is 6.83. The molecule has 2 heterocycles. The maximum absolute atomic E-state index is 14.7. The van der Waals surface area contributed by atoms with Crippen molar-refractivity contribution in [1.82, 2.24) is 5.32 Å². The monoisotopic (exact) mass is 382 g/mol. The first-order chi connectivity index (χ1) is 12.5. The van der Waals surface area contributed by atoms with Crippen molar-refractivity contribution >= 4 is 40.2 Å². The maximum atomic E-state index is 14.7. The fraction of sp³-hybridized carbons (Fsp3) is 0.438. The molecule has 0 radical (unpaired) electrons. The molecular formula is C16H19FN4O4S. The highest BCUT2D eigenvalue weighted by Crippen LogP contribution is 2.31. The number of aliphatic hydroxyl groups excluding tert-OH is 1. The van der Waals surface area contributed by atoms with Crippen molar-refractivity contribution < 1.29 is 23.8 Å². The molecule has 1 unspecified atom stereocenters. The van der Waals surface area contributed by atoms with Gasteiger partial charge in [0.25, 0.3) is 5.91 Å². The summed E-state index contributed by atoms with van der Waals surface area (Å²) < 4.78 is 19.7. The number of ether oxygens (including phenoxy) is 1. The minimum atomic E-state index is -1.01. The number of carbonyl (C=O) groups is 2. The summed E-state index contributed by atoms with van der Waals surface area (Å²) in [5.74, 6) is -0.324. The number of cyclic esters (lactones) is 1. The van der Waals surface area contributed by atoms with Gasteiger partial charge in [0.05, 0.1) is 17.9 Å². The van der Waals surface area contributed by atoms with Crippen molar-refractivity contribution in [1.29, 1.82) is 0 Å². The molecule has 8 nitrogen and oxygen atoms in total. The molecule has 2 aliphatic rings. The Balaban J connectivity index is 1.82. The van der Waals surface area contributed by atoms with Crippen LogP contribution in [0.2, 0.25) is 0 Å². The lowest BCUT2D eigenvalue weighted by Gasteiger charge is -2.34. The zero-order valence-corrected chi connectivity index (χ0v) is 15.1. The van der Waals surface area contributed by atoms with Crippen LogP contribution in [0.25, 0.3) is 0 Å². The van der Waals surface area contributed by atoms with E-state index in [9.17, 15) is 19.1 Å². The van der Waals surface area contributed by atoms with E-state index in [-0.39, 0.29) is 17.9 Å². The highest BCUT2D eigenvalue weighted by molar-refractivity contribution is 8.14. The van der Waals surface area contributed by atoms with E-state index in [1.54, 1.807) is 13.1 Å². The fourth-order valence-corrected chi connectivity index (χ4v) is 3.78. The number of hydrogen-bond donors (Lipinski definition) is 2. The van der Waals surface area contributed by atoms with Gasteiger partial charge in [-0.25, -0.2) is 9.18 Å². The van der Waals surface area contributed by atoms with Crippen LogP contribution in [0.1, 0.15) is 0 Å². The number of thioether (sulfide) groups is 1. The van der Waals surface area contributed by atoms with E-state index in [1.807, 2.05) is 0 Å². The van der Waals surface area contributed by atoms with Gasteiger partial charge in [0, 0.05) is 26.4 Å². The van der Waals surface area contributed by atoms with Crippen molar-refractivity contribution in [2.24, 2.45) is 4.99 Å². The minimum Gasteiger partial charge on any atom is -0.434 e. The van der Waals surface area contributed by atoms with Crippen molar-refractivity contribution in [2.45, 2.75) is 12.3 Å². The van der Waals surface area contributed by atoms with Gasteiger partial charge in [0.2, 0.25) is 0 Å². The van der Waals surface area contributed by atoms with Gasteiger partial charge in [-0.1, -0.05) is 0 Å². The number of aliphatic imine (C=N–C) groups is 1. The molecule has 2 amide bonds. The summed E-state index contributed by atoms with van der Waals surface area (Å²) >= 11 is 1.43. The molecule has 0 bridgehead atoms. The number of amides is 2. The molecule has 2 aliphatic heterocycles. The molecule has 2 saturated heterocycles. The third kappa shape index (κ3) is 3.34. The topological polar surface area (TPSA) is 94.5 Å². The van der Waals surface area contributed by atoms with Crippen LogP contribution in [0, 0.1) is 5.82 Å². The number of aliphatic hydroxyl groups is 1. The molecule has 10 heteroatoms. The Hall–Kier alpha value is -2.33. The van der Waals surface area contributed by atoms with Crippen molar-refractivity contribution in [2.75, 3.05) is 42.7 Å². The van der Waals surface area contributed by atoms with E-state index < -0.39 is 30.1 Å². The van der Waals surface area contributed by atoms with Crippen molar-refractivity contribution in [3.8, 4) is 0 Å². The highest BCUT2D eigenvalue weighted by atomic mass is 32.2. The molecule has 1 aromatic rings. The standard InChI is InChI=1S/C16H19FN4O4S/c1-18-13(22)12-8-21(16(24)25-12)9-3-4-11(10(17)7-9)20-5-6-26-14(19-2)15(20)23/h3-4,7,12,15,23H,5-6,8H2,1-2H3,(H,18,22)/t12-,15?/m1/s1. The Morgan fingerprint density at radius 2 is 2.27 bits per heavy atom. The van der Waals surface area contributed by atoms with Crippen molar-refractivity contribution in [3.05, 3.63) is 24.0 Å². The predicted octanol–water partition coefficient (Wildman–Crippen LogP) is 0.797. The van der Waals surface area contributed by atoms with E-state index in [2.05, 4.69) is 10.3 Å². The number of likely N-dealkylation sites (N-methyl/N-ethyl adjacent to an activating group) is 1. The van der Waals surface area contributed by atoms with Crippen LogP contribution in [0.3, 0.4) is 0 Å². The molecule has 1 aromatic carbocycles.